The molecule has 0 aliphatic carbocycles. The molecular weight excluding hydrogens is 466 g/mol. The highest BCUT2D eigenvalue weighted by Crippen LogP contribution is 2.36. The molecule has 10 nitrogen and oxygen atoms in total. The van der Waals surface area contributed by atoms with Gasteiger partial charge in [0.15, 0.2) is 0 Å². The minimum atomic E-state index is -1.36. The molecule has 0 saturated heterocycles. The predicted octanol–water partition coefficient (Wildman–Crippen LogP) is 2.86. The molecule has 2 aromatic heterocycles. The third-order valence-electron chi connectivity index (χ3n) is 6.28. The first-order valence-corrected chi connectivity index (χ1v) is 11.5. The zero-order valence-corrected chi connectivity index (χ0v) is 20.7. The molecule has 0 radical (unpaired) electrons. The highest BCUT2D eigenvalue weighted by molar-refractivity contribution is 6.01. The van der Waals surface area contributed by atoms with Gasteiger partial charge < -0.3 is 33.4 Å². The monoisotopic (exact) mass is 495 g/mol. The van der Waals surface area contributed by atoms with Crippen molar-refractivity contribution in [1.82, 2.24) is 14.8 Å². The SMILES string of the molecule is CCOC(=O)CNC(=O)[C@@]1(C)Cn2c(ccc2-c2ccco2)C(=O)N1Cc1cc(OC)ccc1OC. The molecule has 0 saturated carbocycles. The molecule has 190 valence electrons. The molecule has 2 amide bonds. The maximum atomic E-state index is 13.8. The number of methoxy groups -OCH3 is 2. The first kappa shape index (κ1) is 24.9. The van der Waals surface area contributed by atoms with Crippen molar-refractivity contribution < 1.29 is 33.0 Å². The summed E-state index contributed by atoms with van der Waals surface area (Å²) in [6.45, 7) is 3.46. The molecule has 3 heterocycles. The van der Waals surface area contributed by atoms with E-state index in [4.69, 9.17) is 18.6 Å². The lowest BCUT2D eigenvalue weighted by Gasteiger charge is -2.44. The van der Waals surface area contributed by atoms with Crippen LogP contribution in [0.4, 0.5) is 0 Å². The second-order valence-electron chi connectivity index (χ2n) is 8.50. The number of amides is 2. The van der Waals surface area contributed by atoms with E-state index in [-0.39, 0.29) is 32.1 Å². The molecule has 1 aliphatic heterocycles. The highest BCUT2D eigenvalue weighted by atomic mass is 16.5. The van der Waals surface area contributed by atoms with Gasteiger partial charge in [0.25, 0.3) is 5.91 Å². The number of furan rings is 1. The summed E-state index contributed by atoms with van der Waals surface area (Å²) in [4.78, 5) is 40.8. The lowest BCUT2D eigenvalue weighted by molar-refractivity contribution is -0.145. The summed E-state index contributed by atoms with van der Waals surface area (Å²) < 4.78 is 23.1. The fraction of sp³-hybridized carbons (Fsp3) is 0.346. The Morgan fingerprint density at radius 2 is 1.89 bits per heavy atom. The molecule has 0 bridgehead atoms. The zero-order chi connectivity index (χ0) is 25.9. The van der Waals surface area contributed by atoms with E-state index in [2.05, 4.69) is 5.32 Å². The van der Waals surface area contributed by atoms with Gasteiger partial charge in [-0.15, -0.1) is 0 Å². The van der Waals surface area contributed by atoms with Crippen molar-refractivity contribution >= 4 is 17.8 Å². The van der Waals surface area contributed by atoms with Crippen LogP contribution in [0.25, 0.3) is 11.5 Å². The largest absolute Gasteiger partial charge is 0.497 e. The van der Waals surface area contributed by atoms with E-state index in [1.807, 2.05) is 0 Å². The minimum absolute atomic E-state index is 0.0732. The average molecular weight is 496 g/mol. The van der Waals surface area contributed by atoms with Gasteiger partial charge in [-0.25, -0.2) is 0 Å². The van der Waals surface area contributed by atoms with Gasteiger partial charge in [0.1, 0.15) is 35.0 Å². The van der Waals surface area contributed by atoms with Crippen molar-refractivity contribution in [3.63, 3.8) is 0 Å². The summed E-state index contributed by atoms with van der Waals surface area (Å²) in [5.41, 5.74) is 0.400. The van der Waals surface area contributed by atoms with Crippen LogP contribution >= 0.6 is 0 Å². The van der Waals surface area contributed by atoms with Gasteiger partial charge in [-0.3, -0.25) is 14.4 Å². The quantitative estimate of drug-likeness (QED) is 0.454. The summed E-state index contributed by atoms with van der Waals surface area (Å²) in [7, 11) is 3.09. The number of esters is 1. The lowest BCUT2D eigenvalue weighted by atomic mass is 9.93. The third kappa shape index (κ3) is 4.53. The average Bonchev–Trinajstić information content (AvgIpc) is 3.55. The zero-order valence-electron chi connectivity index (χ0n) is 20.7. The topological polar surface area (TPSA) is 112 Å². The Kier molecular flexibility index (Phi) is 7.05. The molecule has 36 heavy (non-hydrogen) atoms. The molecule has 1 N–H and O–H groups in total. The van der Waals surface area contributed by atoms with Crippen LogP contribution in [0.3, 0.4) is 0 Å². The maximum Gasteiger partial charge on any atom is 0.325 e. The molecule has 1 atom stereocenters. The minimum Gasteiger partial charge on any atom is -0.497 e. The van der Waals surface area contributed by atoms with E-state index >= 15 is 0 Å². The smallest absolute Gasteiger partial charge is 0.325 e. The van der Waals surface area contributed by atoms with Crippen LogP contribution in [-0.4, -0.2) is 60.2 Å². The van der Waals surface area contributed by atoms with Gasteiger partial charge in [-0.05, 0) is 56.3 Å². The summed E-state index contributed by atoms with van der Waals surface area (Å²) in [6, 6.07) is 12.3. The number of hydrogen-bond donors (Lipinski definition) is 1. The van der Waals surface area contributed by atoms with Crippen molar-refractivity contribution in [3.8, 4) is 23.0 Å². The van der Waals surface area contributed by atoms with Crippen LogP contribution in [0.5, 0.6) is 11.5 Å². The van der Waals surface area contributed by atoms with Gasteiger partial charge in [0.05, 0.1) is 45.9 Å². The maximum absolute atomic E-state index is 13.8. The van der Waals surface area contributed by atoms with Gasteiger partial charge >= 0.3 is 5.97 Å². The number of carbonyl (C=O) groups excluding carboxylic acids is 3. The number of benzene rings is 1. The van der Waals surface area contributed by atoms with E-state index in [9.17, 15) is 14.4 Å². The first-order chi connectivity index (χ1) is 17.3. The summed E-state index contributed by atoms with van der Waals surface area (Å²) in [5, 5.41) is 2.64. The van der Waals surface area contributed by atoms with E-state index in [0.29, 0.717) is 34.2 Å². The Balaban J connectivity index is 1.75. The Hall–Kier alpha value is -4.21. The van der Waals surface area contributed by atoms with Gasteiger partial charge in [-0.1, -0.05) is 0 Å². The van der Waals surface area contributed by atoms with Crippen LogP contribution < -0.4 is 14.8 Å². The molecule has 3 aromatic rings. The van der Waals surface area contributed by atoms with Crippen LogP contribution in [0.15, 0.2) is 53.1 Å². The van der Waals surface area contributed by atoms with E-state index < -0.39 is 17.4 Å². The number of nitrogens with zero attached hydrogens (tertiary/aromatic N) is 2. The summed E-state index contributed by atoms with van der Waals surface area (Å²) in [5.74, 6) is 0.317. The molecule has 4 rings (SSSR count). The van der Waals surface area contributed by atoms with Crippen molar-refractivity contribution in [2.24, 2.45) is 0 Å². The van der Waals surface area contributed by atoms with Crippen LogP contribution in [0.1, 0.15) is 29.9 Å². The Morgan fingerprint density at radius 1 is 1.11 bits per heavy atom. The molecule has 10 heteroatoms. The molecule has 1 aliphatic rings. The van der Waals surface area contributed by atoms with Crippen molar-refractivity contribution in [2.45, 2.75) is 32.5 Å². The Morgan fingerprint density at radius 3 is 2.56 bits per heavy atom. The van der Waals surface area contributed by atoms with Crippen molar-refractivity contribution in [1.29, 1.82) is 0 Å². The number of hydrogen-bond acceptors (Lipinski definition) is 7. The van der Waals surface area contributed by atoms with Gasteiger partial charge in [0, 0.05) is 5.56 Å². The molecule has 1 aromatic carbocycles. The number of rotatable bonds is 9. The number of nitrogens with one attached hydrogen (secondary N) is 1. The molecule has 0 unspecified atom stereocenters. The second kappa shape index (κ2) is 10.2. The Labute approximate surface area is 208 Å². The van der Waals surface area contributed by atoms with Crippen LogP contribution in [0.2, 0.25) is 0 Å². The summed E-state index contributed by atoms with van der Waals surface area (Å²) in [6.07, 6.45) is 1.55. The second-order valence-corrected chi connectivity index (χ2v) is 8.50. The number of ether oxygens (including phenoxy) is 3. The fourth-order valence-electron chi connectivity index (χ4n) is 4.39. The van der Waals surface area contributed by atoms with Gasteiger partial charge in [0.2, 0.25) is 5.91 Å². The predicted molar refractivity (Wildman–Crippen MR) is 130 cm³/mol. The van der Waals surface area contributed by atoms with E-state index in [1.54, 1.807) is 74.3 Å². The lowest BCUT2D eigenvalue weighted by Crippen LogP contribution is -2.64. The molecule has 0 spiro atoms. The fourth-order valence-corrected chi connectivity index (χ4v) is 4.39. The van der Waals surface area contributed by atoms with Gasteiger partial charge in [-0.2, -0.15) is 0 Å². The standard InChI is InChI=1S/C26H29N3O7/c1-5-35-23(30)14-27-25(32)26(2)16-28-19(22-7-6-12-36-22)9-10-20(28)24(31)29(26)15-17-13-18(33-3)8-11-21(17)34-4/h6-13H,5,14-16H2,1-4H3,(H,27,32)/t26-/m1/s1. The van der Waals surface area contributed by atoms with E-state index in [0.717, 1.165) is 0 Å². The van der Waals surface area contributed by atoms with E-state index in [1.165, 1.54) is 12.0 Å². The third-order valence-corrected chi connectivity index (χ3v) is 6.28. The normalized spacial score (nSPS) is 16.9. The number of carbonyl (C=O) groups is 3. The number of fused-ring (bicyclic) bond motifs is 1. The highest BCUT2D eigenvalue weighted by Gasteiger charge is 2.48. The van der Waals surface area contributed by atoms with Crippen LogP contribution in [-0.2, 0) is 27.4 Å². The Bertz CT molecular complexity index is 1260. The molecule has 0 fully saturated rings. The van der Waals surface area contributed by atoms with Crippen molar-refractivity contribution in [2.75, 3.05) is 27.4 Å². The van der Waals surface area contributed by atoms with Crippen LogP contribution in [0, 0.1) is 0 Å². The first-order valence-electron chi connectivity index (χ1n) is 11.5. The molecular formula is C26H29N3O7. The van der Waals surface area contributed by atoms with Crippen molar-refractivity contribution in [3.05, 3.63) is 60.0 Å². The summed E-state index contributed by atoms with van der Waals surface area (Å²) >= 11 is 0. The number of aromatic nitrogens is 1.